The largest absolute Gasteiger partial charge is 0.504 e. The van der Waals surface area contributed by atoms with Crippen molar-refractivity contribution < 1.29 is 14.6 Å². The van der Waals surface area contributed by atoms with E-state index in [0.29, 0.717) is 22.9 Å². The van der Waals surface area contributed by atoms with Crippen molar-refractivity contribution in [2.45, 2.75) is 19.8 Å². The number of benzene rings is 2. The zero-order valence-electron chi connectivity index (χ0n) is 14.0. The first-order valence-electron chi connectivity index (χ1n) is 7.94. The Bertz CT molecular complexity index is 815. The lowest BCUT2D eigenvalue weighted by molar-refractivity contribution is 0.0977. The fourth-order valence-electron chi connectivity index (χ4n) is 2.05. The molecule has 0 saturated carbocycles. The van der Waals surface area contributed by atoms with Crippen LogP contribution >= 0.6 is 35.4 Å². The van der Waals surface area contributed by atoms with Gasteiger partial charge in [0.15, 0.2) is 10.9 Å². The molecule has 2 aromatic rings. The van der Waals surface area contributed by atoms with Gasteiger partial charge in [0.1, 0.15) is 5.75 Å². The number of phenolic OH excluding ortho intramolecular Hbond substituents is 1. The fourth-order valence-corrected chi connectivity index (χ4v) is 2.75. The number of nitrogens with one attached hydrogen (secondary N) is 2. The number of rotatable bonds is 6. The molecular weight excluding hydrogens is 395 g/mol. The van der Waals surface area contributed by atoms with Crippen LogP contribution in [-0.2, 0) is 0 Å². The molecule has 0 fully saturated rings. The Morgan fingerprint density at radius 2 is 2.04 bits per heavy atom. The van der Waals surface area contributed by atoms with Gasteiger partial charge in [0.25, 0.3) is 5.91 Å². The fraction of sp³-hybridized carbons (Fsp3) is 0.222. The molecular formula is C18H18Cl2N2O3S. The average Bonchev–Trinajstić information content (AvgIpc) is 2.59. The second-order valence-corrected chi connectivity index (χ2v) is 6.67. The van der Waals surface area contributed by atoms with Gasteiger partial charge in [0.2, 0.25) is 0 Å². The highest BCUT2D eigenvalue weighted by atomic mass is 35.5. The van der Waals surface area contributed by atoms with Crippen LogP contribution in [0.15, 0.2) is 36.4 Å². The van der Waals surface area contributed by atoms with Crippen LogP contribution in [0.4, 0.5) is 5.69 Å². The maximum absolute atomic E-state index is 12.3. The maximum Gasteiger partial charge on any atom is 0.257 e. The molecule has 0 aliphatic carbocycles. The van der Waals surface area contributed by atoms with Crippen LogP contribution in [0.3, 0.4) is 0 Å². The summed E-state index contributed by atoms with van der Waals surface area (Å²) in [6.45, 7) is 2.67. The zero-order valence-corrected chi connectivity index (χ0v) is 16.3. The third kappa shape index (κ3) is 5.76. The number of hydrogen-bond acceptors (Lipinski definition) is 4. The van der Waals surface area contributed by atoms with Gasteiger partial charge in [-0.2, -0.15) is 0 Å². The molecule has 0 saturated heterocycles. The quantitative estimate of drug-likeness (QED) is 0.353. The highest BCUT2D eigenvalue weighted by Crippen LogP contribution is 2.34. The van der Waals surface area contributed by atoms with Crippen molar-refractivity contribution in [3.8, 4) is 11.5 Å². The first-order chi connectivity index (χ1) is 12.4. The van der Waals surface area contributed by atoms with E-state index in [4.69, 9.17) is 40.2 Å². The Balaban J connectivity index is 2.01. The van der Waals surface area contributed by atoms with Gasteiger partial charge < -0.3 is 15.2 Å². The number of anilines is 1. The molecule has 3 N–H and O–H groups in total. The lowest BCUT2D eigenvalue weighted by Gasteiger charge is -2.12. The Labute approximate surface area is 167 Å². The summed E-state index contributed by atoms with van der Waals surface area (Å²) in [5.41, 5.74) is 0.598. The van der Waals surface area contributed by atoms with Crippen LogP contribution in [0.25, 0.3) is 0 Å². The predicted molar refractivity (Wildman–Crippen MR) is 109 cm³/mol. The average molecular weight is 413 g/mol. The van der Waals surface area contributed by atoms with Gasteiger partial charge in [0.05, 0.1) is 17.3 Å². The number of phenols is 1. The van der Waals surface area contributed by atoms with Crippen LogP contribution in [0.2, 0.25) is 10.0 Å². The van der Waals surface area contributed by atoms with Gasteiger partial charge >= 0.3 is 0 Å². The third-order valence-electron chi connectivity index (χ3n) is 3.37. The summed E-state index contributed by atoms with van der Waals surface area (Å²) in [7, 11) is 0. The summed E-state index contributed by atoms with van der Waals surface area (Å²) in [5, 5.41) is 15.5. The van der Waals surface area contributed by atoms with Gasteiger partial charge in [-0.05, 0) is 49.0 Å². The number of thiocarbonyl (C=S) groups is 1. The van der Waals surface area contributed by atoms with Gasteiger partial charge in [-0.1, -0.05) is 42.6 Å². The SMILES string of the molecule is CCCCOc1cccc(C(=O)NC(=S)Nc2cc(Cl)cc(Cl)c2O)c1. The molecule has 0 unspecified atom stereocenters. The van der Waals surface area contributed by atoms with Crippen LogP contribution in [0.1, 0.15) is 30.1 Å². The summed E-state index contributed by atoms with van der Waals surface area (Å²) < 4.78 is 5.59. The number of aromatic hydroxyl groups is 1. The molecule has 0 aromatic heterocycles. The second kappa shape index (κ2) is 9.62. The van der Waals surface area contributed by atoms with E-state index in [1.807, 2.05) is 0 Å². The van der Waals surface area contributed by atoms with Crippen molar-refractivity contribution in [1.82, 2.24) is 5.32 Å². The van der Waals surface area contributed by atoms with Crippen molar-refractivity contribution in [2.75, 3.05) is 11.9 Å². The molecule has 0 aliphatic rings. The summed E-state index contributed by atoms with van der Waals surface area (Å²) in [6.07, 6.45) is 1.97. The summed E-state index contributed by atoms with van der Waals surface area (Å²) in [4.78, 5) is 12.3. The minimum Gasteiger partial charge on any atom is -0.504 e. The topological polar surface area (TPSA) is 70.6 Å². The van der Waals surface area contributed by atoms with E-state index >= 15 is 0 Å². The zero-order chi connectivity index (χ0) is 19.1. The van der Waals surface area contributed by atoms with Crippen molar-refractivity contribution in [1.29, 1.82) is 0 Å². The number of unbranched alkanes of at least 4 members (excludes halogenated alkanes) is 1. The molecule has 5 nitrogen and oxygen atoms in total. The Hall–Kier alpha value is -2.02. The van der Waals surface area contributed by atoms with Crippen molar-refractivity contribution >= 4 is 52.1 Å². The molecule has 8 heteroatoms. The molecule has 26 heavy (non-hydrogen) atoms. The van der Waals surface area contributed by atoms with Gasteiger partial charge in [-0.15, -0.1) is 0 Å². The smallest absolute Gasteiger partial charge is 0.257 e. The van der Waals surface area contributed by atoms with E-state index in [1.54, 1.807) is 24.3 Å². The van der Waals surface area contributed by atoms with E-state index in [9.17, 15) is 9.90 Å². The molecule has 0 spiro atoms. The molecule has 0 atom stereocenters. The number of carbonyl (C=O) groups excluding carboxylic acids is 1. The number of hydrogen-bond donors (Lipinski definition) is 3. The standard InChI is InChI=1S/C18H18Cl2N2O3S/c1-2-3-7-25-13-6-4-5-11(8-13)17(24)22-18(26)21-15-10-12(19)9-14(20)16(15)23/h4-6,8-10,23H,2-3,7H2,1H3,(H2,21,22,24,26). The van der Waals surface area contributed by atoms with Crippen LogP contribution in [0.5, 0.6) is 11.5 Å². The predicted octanol–water partition coefficient (Wildman–Crippen LogP) is 5.00. The minimum atomic E-state index is -0.406. The van der Waals surface area contributed by atoms with Crippen LogP contribution in [0, 0.1) is 0 Å². The van der Waals surface area contributed by atoms with E-state index in [2.05, 4.69) is 17.6 Å². The molecule has 0 radical (unpaired) electrons. The summed E-state index contributed by atoms with van der Waals surface area (Å²) >= 11 is 16.9. The number of halogens is 2. The monoisotopic (exact) mass is 412 g/mol. The van der Waals surface area contributed by atoms with Crippen molar-refractivity contribution in [2.24, 2.45) is 0 Å². The minimum absolute atomic E-state index is 0.000868. The van der Waals surface area contributed by atoms with Crippen LogP contribution < -0.4 is 15.4 Å². The third-order valence-corrected chi connectivity index (χ3v) is 4.08. The first kappa shape index (κ1) is 20.3. The van der Waals surface area contributed by atoms with E-state index < -0.39 is 5.91 Å². The Morgan fingerprint density at radius 1 is 1.27 bits per heavy atom. The number of amides is 1. The van der Waals surface area contributed by atoms with Crippen LogP contribution in [-0.4, -0.2) is 22.7 Å². The lowest BCUT2D eigenvalue weighted by Crippen LogP contribution is -2.34. The van der Waals surface area contributed by atoms with Gasteiger partial charge in [0, 0.05) is 10.6 Å². The van der Waals surface area contributed by atoms with Gasteiger partial charge in [-0.3, -0.25) is 10.1 Å². The molecule has 1 amide bonds. The Morgan fingerprint density at radius 3 is 2.77 bits per heavy atom. The highest BCUT2D eigenvalue weighted by Gasteiger charge is 2.12. The molecule has 2 aromatic carbocycles. The van der Waals surface area contributed by atoms with Crippen molar-refractivity contribution in [3.63, 3.8) is 0 Å². The van der Waals surface area contributed by atoms with E-state index in [-0.39, 0.29) is 21.6 Å². The molecule has 0 bridgehead atoms. The molecule has 2 rings (SSSR count). The Kier molecular flexibility index (Phi) is 7.50. The van der Waals surface area contributed by atoms with Crippen molar-refractivity contribution in [3.05, 3.63) is 52.0 Å². The maximum atomic E-state index is 12.3. The molecule has 138 valence electrons. The first-order valence-corrected chi connectivity index (χ1v) is 9.10. The molecule has 0 aliphatic heterocycles. The van der Waals surface area contributed by atoms with Gasteiger partial charge in [-0.25, -0.2) is 0 Å². The summed E-state index contributed by atoms with van der Waals surface area (Å²) in [5.74, 6) is -0.000659. The van der Waals surface area contributed by atoms with E-state index in [0.717, 1.165) is 12.8 Å². The van der Waals surface area contributed by atoms with E-state index in [1.165, 1.54) is 12.1 Å². The normalized spacial score (nSPS) is 10.3. The lowest BCUT2D eigenvalue weighted by atomic mass is 10.2. The second-order valence-electron chi connectivity index (χ2n) is 5.42. The number of ether oxygens (including phenoxy) is 1. The number of carbonyl (C=O) groups is 1. The summed E-state index contributed by atoms with van der Waals surface area (Å²) in [6, 6.07) is 9.66. The highest BCUT2D eigenvalue weighted by molar-refractivity contribution is 7.80. The molecule has 0 heterocycles.